The summed E-state index contributed by atoms with van der Waals surface area (Å²) in [7, 11) is 6.48. The van der Waals surface area contributed by atoms with Crippen LogP contribution in [-0.4, -0.2) is 37.5 Å². The third-order valence-corrected chi connectivity index (χ3v) is 5.12. The minimum Gasteiger partial charge on any atom is -0.376 e. The van der Waals surface area contributed by atoms with Gasteiger partial charge in [-0.2, -0.15) is 0 Å². The Hall–Kier alpha value is -0.435. The van der Waals surface area contributed by atoms with Crippen molar-refractivity contribution in [1.82, 2.24) is 4.90 Å². The zero-order valence-corrected chi connectivity index (χ0v) is 13.3. The van der Waals surface area contributed by atoms with Gasteiger partial charge in [-0.05, 0) is 45.3 Å². The molecule has 19 heavy (non-hydrogen) atoms. The van der Waals surface area contributed by atoms with Crippen molar-refractivity contribution in [3.8, 4) is 0 Å². The maximum Gasteiger partial charge on any atom is 0.0864 e. The standard InChI is InChI=1S/C16H28BNO/c1-6-16(10-19-11-16)18(12(2)3)14-8-7-9-15(5,17)13(14)4/h12H,6-11H2,1-5H3. The summed E-state index contributed by atoms with van der Waals surface area (Å²) in [4.78, 5) is 2.62. The minimum absolute atomic E-state index is 0.139. The molecule has 0 aromatic heterocycles. The molecule has 0 bridgehead atoms. The number of rotatable bonds is 4. The Labute approximate surface area is 120 Å². The summed E-state index contributed by atoms with van der Waals surface area (Å²) in [6, 6.07) is 0.503. The van der Waals surface area contributed by atoms with Crippen LogP contribution >= 0.6 is 0 Å². The monoisotopic (exact) mass is 261 g/mol. The largest absolute Gasteiger partial charge is 0.376 e. The molecule has 1 aliphatic heterocycles. The van der Waals surface area contributed by atoms with E-state index in [0.29, 0.717) is 6.04 Å². The van der Waals surface area contributed by atoms with Crippen molar-refractivity contribution in [3.63, 3.8) is 0 Å². The van der Waals surface area contributed by atoms with Gasteiger partial charge in [0.05, 0.1) is 26.6 Å². The van der Waals surface area contributed by atoms with Crippen molar-refractivity contribution in [1.29, 1.82) is 0 Å². The zero-order valence-electron chi connectivity index (χ0n) is 13.3. The van der Waals surface area contributed by atoms with Crippen LogP contribution in [0.25, 0.3) is 0 Å². The fraction of sp³-hybridized carbons (Fsp3) is 0.875. The molecule has 0 spiro atoms. The summed E-state index contributed by atoms with van der Waals surface area (Å²) in [5.74, 6) is 0. The van der Waals surface area contributed by atoms with Gasteiger partial charge < -0.3 is 9.64 Å². The van der Waals surface area contributed by atoms with Gasteiger partial charge in [0.15, 0.2) is 0 Å². The Kier molecular flexibility index (Phi) is 4.06. The molecule has 1 heterocycles. The Balaban J connectivity index is 2.39. The van der Waals surface area contributed by atoms with Crippen LogP contribution in [-0.2, 0) is 4.74 Å². The van der Waals surface area contributed by atoms with Crippen LogP contribution in [0.3, 0.4) is 0 Å². The smallest absolute Gasteiger partial charge is 0.0864 e. The highest BCUT2D eigenvalue weighted by Gasteiger charge is 2.45. The Morgan fingerprint density at radius 3 is 2.42 bits per heavy atom. The molecular weight excluding hydrogens is 233 g/mol. The highest BCUT2D eigenvalue weighted by molar-refractivity contribution is 6.17. The van der Waals surface area contributed by atoms with E-state index in [1.54, 1.807) is 0 Å². The van der Waals surface area contributed by atoms with Crippen LogP contribution in [0, 0.1) is 0 Å². The van der Waals surface area contributed by atoms with Crippen molar-refractivity contribution in [2.75, 3.05) is 13.2 Å². The SMILES string of the molecule is [B]C1(C)CCCC(N(C(C)C)C2(CC)COC2)=C1C. The van der Waals surface area contributed by atoms with Gasteiger partial charge in [0.25, 0.3) is 0 Å². The van der Waals surface area contributed by atoms with E-state index in [4.69, 9.17) is 12.6 Å². The molecule has 1 unspecified atom stereocenters. The van der Waals surface area contributed by atoms with Crippen molar-refractivity contribution in [2.45, 2.75) is 77.2 Å². The molecular formula is C16H28BNO. The maximum absolute atomic E-state index is 6.48. The summed E-state index contributed by atoms with van der Waals surface area (Å²) in [5.41, 5.74) is 3.07. The summed E-state index contributed by atoms with van der Waals surface area (Å²) in [6.07, 6.45) is 4.61. The van der Waals surface area contributed by atoms with Crippen molar-refractivity contribution >= 4 is 7.85 Å². The second kappa shape index (κ2) is 5.16. The molecule has 1 fully saturated rings. The van der Waals surface area contributed by atoms with E-state index in [1.807, 2.05) is 0 Å². The second-order valence-corrected chi connectivity index (χ2v) is 6.88. The average molecular weight is 261 g/mol. The molecule has 1 atom stereocenters. The van der Waals surface area contributed by atoms with Gasteiger partial charge in [-0.3, -0.25) is 0 Å². The third-order valence-electron chi connectivity index (χ3n) is 5.12. The van der Waals surface area contributed by atoms with Gasteiger partial charge in [-0.25, -0.2) is 0 Å². The van der Waals surface area contributed by atoms with Gasteiger partial charge >= 0.3 is 0 Å². The molecule has 2 nitrogen and oxygen atoms in total. The molecule has 0 saturated carbocycles. The first kappa shape index (κ1) is 15.0. The van der Waals surface area contributed by atoms with Crippen LogP contribution < -0.4 is 0 Å². The molecule has 1 saturated heterocycles. The lowest BCUT2D eigenvalue weighted by Crippen LogP contribution is -2.63. The van der Waals surface area contributed by atoms with Crippen molar-refractivity contribution < 1.29 is 4.74 Å². The lowest BCUT2D eigenvalue weighted by atomic mass is 9.59. The van der Waals surface area contributed by atoms with Crippen molar-refractivity contribution in [3.05, 3.63) is 11.3 Å². The average Bonchev–Trinajstić information content (AvgIpc) is 2.27. The highest BCUT2D eigenvalue weighted by atomic mass is 16.5. The molecule has 2 radical (unpaired) electrons. The lowest BCUT2D eigenvalue weighted by Gasteiger charge is -2.55. The summed E-state index contributed by atoms with van der Waals surface area (Å²) < 4.78 is 5.54. The van der Waals surface area contributed by atoms with Gasteiger partial charge in [0.2, 0.25) is 0 Å². The first-order chi connectivity index (χ1) is 8.84. The predicted octanol–water partition coefficient (Wildman–Crippen LogP) is 3.68. The van der Waals surface area contributed by atoms with Gasteiger partial charge in [-0.15, -0.1) is 0 Å². The Morgan fingerprint density at radius 1 is 1.37 bits per heavy atom. The topological polar surface area (TPSA) is 12.5 Å². The highest BCUT2D eigenvalue weighted by Crippen LogP contribution is 2.47. The van der Waals surface area contributed by atoms with Crippen LogP contribution in [0.2, 0.25) is 5.31 Å². The van der Waals surface area contributed by atoms with E-state index in [9.17, 15) is 0 Å². The lowest BCUT2D eigenvalue weighted by molar-refractivity contribution is -0.141. The van der Waals surface area contributed by atoms with Crippen LogP contribution in [0.1, 0.15) is 60.3 Å². The normalized spacial score (nSPS) is 30.4. The third kappa shape index (κ3) is 2.46. The number of allylic oxidation sites excluding steroid dienone is 2. The number of hydrogen-bond donors (Lipinski definition) is 0. The van der Waals surface area contributed by atoms with Gasteiger partial charge in [0.1, 0.15) is 0 Å². The zero-order chi connectivity index (χ0) is 14.3. The molecule has 2 rings (SSSR count). The Bertz CT molecular complexity index is 363. The molecule has 0 N–H and O–H groups in total. The van der Waals surface area contributed by atoms with E-state index in [1.165, 1.54) is 24.1 Å². The predicted molar refractivity (Wildman–Crippen MR) is 81.5 cm³/mol. The van der Waals surface area contributed by atoms with E-state index in [-0.39, 0.29) is 10.9 Å². The molecule has 0 aromatic rings. The summed E-state index contributed by atoms with van der Waals surface area (Å²) in [5, 5.41) is -0.139. The molecule has 106 valence electrons. The second-order valence-electron chi connectivity index (χ2n) is 6.88. The van der Waals surface area contributed by atoms with E-state index >= 15 is 0 Å². The minimum atomic E-state index is -0.139. The fourth-order valence-corrected chi connectivity index (χ4v) is 3.63. The van der Waals surface area contributed by atoms with E-state index in [2.05, 4.69) is 39.5 Å². The summed E-state index contributed by atoms with van der Waals surface area (Å²) >= 11 is 0. The molecule has 0 amide bonds. The summed E-state index contributed by atoms with van der Waals surface area (Å²) in [6.45, 7) is 13.0. The van der Waals surface area contributed by atoms with Crippen LogP contribution in [0.5, 0.6) is 0 Å². The maximum atomic E-state index is 6.48. The number of nitrogens with zero attached hydrogens (tertiary/aromatic N) is 1. The van der Waals surface area contributed by atoms with Gasteiger partial charge in [-0.1, -0.05) is 25.8 Å². The number of ether oxygens (including phenoxy) is 1. The first-order valence-corrected chi connectivity index (χ1v) is 7.70. The molecule has 0 aromatic carbocycles. The van der Waals surface area contributed by atoms with E-state index < -0.39 is 0 Å². The molecule has 1 aliphatic carbocycles. The quantitative estimate of drug-likeness (QED) is 0.716. The van der Waals surface area contributed by atoms with E-state index in [0.717, 1.165) is 26.1 Å². The van der Waals surface area contributed by atoms with Gasteiger partial charge in [0, 0.05) is 11.7 Å². The number of hydrogen-bond acceptors (Lipinski definition) is 2. The van der Waals surface area contributed by atoms with Crippen LogP contribution in [0.15, 0.2) is 11.3 Å². The first-order valence-electron chi connectivity index (χ1n) is 7.70. The molecule has 2 aliphatic rings. The fourth-order valence-electron chi connectivity index (χ4n) is 3.63. The van der Waals surface area contributed by atoms with Crippen LogP contribution in [0.4, 0.5) is 0 Å². The van der Waals surface area contributed by atoms with Crippen molar-refractivity contribution in [2.24, 2.45) is 0 Å². The Morgan fingerprint density at radius 2 is 2.00 bits per heavy atom. The molecule has 3 heteroatoms.